The maximum Gasteiger partial charge on any atom is 0.0804 e. The maximum atomic E-state index is 9.35. The van der Waals surface area contributed by atoms with E-state index in [4.69, 9.17) is 0 Å². The second-order valence-corrected chi connectivity index (χ2v) is 3.69. The largest absolute Gasteiger partial charge is 0.390 e. The Balaban J connectivity index is 2.04. The van der Waals surface area contributed by atoms with E-state index in [2.05, 4.69) is 12.2 Å². The van der Waals surface area contributed by atoms with Crippen LogP contribution < -0.4 is 0 Å². The zero-order valence-corrected chi connectivity index (χ0v) is 6.48. The first kappa shape index (κ1) is 7.32. The quantitative estimate of drug-likeness (QED) is 0.504. The summed E-state index contributed by atoms with van der Waals surface area (Å²) in [6.45, 7) is 0. The number of allylic oxidation sites excluding steroid dienone is 2. The lowest BCUT2D eigenvalue weighted by atomic mass is 9.78. The van der Waals surface area contributed by atoms with Crippen molar-refractivity contribution in [2.45, 2.75) is 31.5 Å². The van der Waals surface area contributed by atoms with Crippen molar-refractivity contribution < 1.29 is 10.2 Å². The van der Waals surface area contributed by atoms with Gasteiger partial charge in [0.25, 0.3) is 0 Å². The maximum absolute atomic E-state index is 9.35. The first-order chi connectivity index (χ1) is 5.27. The average Bonchev–Trinajstić information content (AvgIpc) is 2.36. The molecule has 2 nitrogen and oxygen atoms in total. The van der Waals surface area contributed by atoms with Gasteiger partial charge in [-0.15, -0.1) is 0 Å². The standard InChI is InChI=1S/C9H14O2/c10-8-4-6-2-1-3-7(6)5-9(8)11/h1-2,6-11H,3-5H2/t6-,7+,8+,9-/m0/s1. The van der Waals surface area contributed by atoms with Gasteiger partial charge in [-0.05, 0) is 31.1 Å². The third-order valence-corrected chi connectivity index (χ3v) is 2.93. The van der Waals surface area contributed by atoms with Crippen LogP contribution in [0.2, 0.25) is 0 Å². The van der Waals surface area contributed by atoms with Gasteiger partial charge < -0.3 is 10.2 Å². The molecule has 1 saturated carbocycles. The molecule has 2 N–H and O–H groups in total. The molecule has 11 heavy (non-hydrogen) atoms. The van der Waals surface area contributed by atoms with Gasteiger partial charge in [-0.1, -0.05) is 12.2 Å². The van der Waals surface area contributed by atoms with Crippen LogP contribution in [0.4, 0.5) is 0 Å². The molecule has 0 aromatic carbocycles. The van der Waals surface area contributed by atoms with Crippen molar-refractivity contribution in [3.63, 3.8) is 0 Å². The van der Waals surface area contributed by atoms with E-state index in [-0.39, 0.29) is 0 Å². The molecule has 0 amide bonds. The number of rotatable bonds is 0. The van der Waals surface area contributed by atoms with Crippen LogP contribution >= 0.6 is 0 Å². The highest BCUT2D eigenvalue weighted by atomic mass is 16.3. The Labute approximate surface area is 66.5 Å². The summed E-state index contributed by atoms with van der Waals surface area (Å²) in [7, 11) is 0. The Kier molecular flexibility index (Phi) is 1.74. The fraction of sp³-hybridized carbons (Fsp3) is 0.778. The highest BCUT2D eigenvalue weighted by Crippen LogP contribution is 2.37. The van der Waals surface area contributed by atoms with Crippen LogP contribution in [-0.2, 0) is 0 Å². The molecule has 2 rings (SSSR count). The van der Waals surface area contributed by atoms with E-state index >= 15 is 0 Å². The summed E-state index contributed by atoms with van der Waals surface area (Å²) >= 11 is 0. The van der Waals surface area contributed by atoms with Gasteiger partial charge in [0.2, 0.25) is 0 Å². The first-order valence-electron chi connectivity index (χ1n) is 4.30. The molecule has 0 aromatic rings. The molecule has 1 fully saturated rings. The zero-order chi connectivity index (χ0) is 7.84. The average molecular weight is 154 g/mol. The van der Waals surface area contributed by atoms with Crippen molar-refractivity contribution in [1.82, 2.24) is 0 Å². The molecule has 62 valence electrons. The van der Waals surface area contributed by atoms with Gasteiger partial charge in [0.15, 0.2) is 0 Å². The van der Waals surface area contributed by atoms with E-state index in [9.17, 15) is 10.2 Å². The molecular formula is C9H14O2. The zero-order valence-electron chi connectivity index (χ0n) is 6.48. The van der Waals surface area contributed by atoms with E-state index < -0.39 is 12.2 Å². The van der Waals surface area contributed by atoms with Gasteiger partial charge >= 0.3 is 0 Å². The monoisotopic (exact) mass is 154 g/mol. The van der Waals surface area contributed by atoms with E-state index in [1.165, 1.54) is 0 Å². The lowest BCUT2D eigenvalue weighted by molar-refractivity contribution is -0.0360. The molecule has 0 saturated heterocycles. The van der Waals surface area contributed by atoms with Crippen molar-refractivity contribution in [3.8, 4) is 0 Å². The van der Waals surface area contributed by atoms with Crippen molar-refractivity contribution in [2.75, 3.05) is 0 Å². The van der Waals surface area contributed by atoms with Gasteiger partial charge in [0.05, 0.1) is 12.2 Å². The molecule has 0 bridgehead atoms. The fourth-order valence-electron chi connectivity index (χ4n) is 2.21. The minimum absolute atomic E-state index is 0.476. The Morgan fingerprint density at radius 3 is 2.64 bits per heavy atom. The molecular weight excluding hydrogens is 140 g/mol. The molecule has 0 unspecified atom stereocenters. The van der Waals surface area contributed by atoms with Crippen LogP contribution in [0.15, 0.2) is 12.2 Å². The first-order valence-corrected chi connectivity index (χ1v) is 4.30. The van der Waals surface area contributed by atoms with E-state index in [1.54, 1.807) is 0 Å². The van der Waals surface area contributed by atoms with Crippen molar-refractivity contribution in [2.24, 2.45) is 11.8 Å². The predicted octanol–water partition coefficient (Wildman–Crippen LogP) is 0.694. The Morgan fingerprint density at radius 2 is 1.82 bits per heavy atom. The van der Waals surface area contributed by atoms with Crippen LogP contribution in [0.1, 0.15) is 19.3 Å². The molecule has 2 aliphatic carbocycles. The molecule has 0 heterocycles. The fourth-order valence-corrected chi connectivity index (χ4v) is 2.21. The number of hydrogen-bond acceptors (Lipinski definition) is 2. The summed E-state index contributed by atoms with van der Waals surface area (Å²) in [4.78, 5) is 0. The molecule has 0 aromatic heterocycles. The van der Waals surface area contributed by atoms with Crippen molar-refractivity contribution in [1.29, 1.82) is 0 Å². The molecule has 0 radical (unpaired) electrons. The number of fused-ring (bicyclic) bond motifs is 1. The summed E-state index contributed by atoms with van der Waals surface area (Å²) in [6, 6.07) is 0. The summed E-state index contributed by atoms with van der Waals surface area (Å²) in [6.07, 6.45) is 6.00. The van der Waals surface area contributed by atoms with Gasteiger partial charge in [0, 0.05) is 0 Å². The summed E-state index contributed by atoms with van der Waals surface area (Å²) in [5, 5.41) is 18.7. The topological polar surface area (TPSA) is 40.5 Å². The molecule has 0 spiro atoms. The van der Waals surface area contributed by atoms with Gasteiger partial charge in [-0.25, -0.2) is 0 Å². The van der Waals surface area contributed by atoms with Crippen LogP contribution in [-0.4, -0.2) is 22.4 Å². The highest BCUT2D eigenvalue weighted by Gasteiger charge is 2.35. The SMILES string of the molecule is O[C@@H]1C[C@@H]2C=CC[C@@H]2C[C@@H]1O. The van der Waals surface area contributed by atoms with Crippen LogP contribution in [0.3, 0.4) is 0 Å². The lowest BCUT2D eigenvalue weighted by Gasteiger charge is -2.32. The Bertz CT molecular complexity index is 176. The number of hydrogen-bond donors (Lipinski definition) is 2. The molecule has 2 aliphatic rings. The summed E-state index contributed by atoms with van der Waals surface area (Å²) < 4.78 is 0. The minimum atomic E-state index is -0.487. The molecule has 0 aliphatic heterocycles. The number of aliphatic hydroxyl groups is 2. The normalized spacial score (nSPS) is 49.3. The van der Waals surface area contributed by atoms with Crippen LogP contribution in [0, 0.1) is 11.8 Å². The van der Waals surface area contributed by atoms with Crippen LogP contribution in [0.25, 0.3) is 0 Å². The van der Waals surface area contributed by atoms with Crippen molar-refractivity contribution >= 4 is 0 Å². The van der Waals surface area contributed by atoms with Crippen molar-refractivity contribution in [3.05, 3.63) is 12.2 Å². The second kappa shape index (κ2) is 2.61. The Morgan fingerprint density at radius 1 is 1.09 bits per heavy atom. The molecule has 4 atom stereocenters. The van der Waals surface area contributed by atoms with Crippen LogP contribution in [0.5, 0.6) is 0 Å². The third-order valence-electron chi connectivity index (χ3n) is 2.93. The minimum Gasteiger partial charge on any atom is -0.390 e. The third kappa shape index (κ3) is 1.21. The smallest absolute Gasteiger partial charge is 0.0804 e. The summed E-state index contributed by atoms with van der Waals surface area (Å²) in [5.41, 5.74) is 0. The van der Waals surface area contributed by atoms with Gasteiger partial charge in [-0.2, -0.15) is 0 Å². The lowest BCUT2D eigenvalue weighted by Crippen LogP contribution is -2.36. The predicted molar refractivity (Wildman–Crippen MR) is 42.0 cm³/mol. The summed E-state index contributed by atoms with van der Waals surface area (Å²) in [5.74, 6) is 1.14. The van der Waals surface area contributed by atoms with E-state index in [0.29, 0.717) is 11.8 Å². The molecule has 2 heteroatoms. The van der Waals surface area contributed by atoms with E-state index in [0.717, 1.165) is 19.3 Å². The van der Waals surface area contributed by atoms with E-state index in [1.807, 2.05) is 0 Å². The second-order valence-electron chi connectivity index (χ2n) is 3.69. The van der Waals surface area contributed by atoms with Gasteiger partial charge in [0.1, 0.15) is 0 Å². The number of aliphatic hydroxyl groups excluding tert-OH is 2. The Hall–Kier alpha value is -0.340. The van der Waals surface area contributed by atoms with Gasteiger partial charge in [-0.3, -0.25) is 0 Å². The highest BCUT2D eigenvalue weighted by molar-refractivity contribution is 5.05.